The summed E-state index contributed by atoms with van der Waals surface area (Å²) in [5.74, 6) is 1.77. The Morgan fingerprint density at radius 1 is 0.527 bits per heavy atom. The molecule has 0 amide bonds. The summed E-state index contributed by atoms with van der Waals surface area (Å²) in [6.45, 7) is 0. The number of carbonyl (C=O) groups is 2. The number of aliphatic carboxylic acids is 1. The molecular weight excluding hydrogens is 1130 g/mol. The van der Waals surface area contributed by atoms with E-state index in [0.717, 1.165) is 0 Å². The van der Waals surface area contributed by atoms with Gasteiger partial charge in [-0.1, -0.05) is 81.8 Å². The Hall–Kier alpha value is -7.80. The minimum atomic E-state index is -4.05. The number of aromatic nitrogens is 4. The number of benzene rings is 6. The number of rotatable bonds is 18. The van der Waals surface area contributed by atoms with Gasteiger partial charge in [-0.15, -0.1) is 0 Å². The molecule has 0 saturated heterocycles. The van der Waals surface area contributed by atoms with Gasteiger partial charge in [0, 0.05) is 59.9 Å². The van der Waals surface area contributed by atoms with Crippen LogP contribution in [-0.4, -0.2) is 92.7 Å². The van der Waals surface area contributed by atoms with Gasteiger partial charge in [0.05, 0.1) is 65.6 Å². The molecule has 0 saturated carbocycles. The summed E-state index contributed by atoms with van der Waals surface area (Å²) in [5, 5.41) is 14.1. The van der Waals surface area contributed by atoms with E-state index in [9.17, 15) is 26.4 Å². The van der Waals surface area contributed by atoms with E-state index in [1.54, 1.807) is 111 Å². The number of nitrogens with two attached hydrogens (primary N) is 1. The molecule has 0 aliphatic carbocycles. The highest BCUT2D eigenvalue weighted by atomic mass is 79.9. The maximum absolute atomic E-state index is 13.3. The smallest absolute Gasteiger partial charge is 0.314 e. The number of nitrogen functional groups attached to an aromatic ring is 1. The van der Waals surface area contributed by atoms with Gasteiger partial charge in [0.25, 0.3) is 20.0 Å². The number of fused-ring (bicyclic) bond motifs is 2. The molecule has 0 radical (unpaired) electrons. The molecule has 7 N–H and O–H groups in total. The number of nitrogens with one attached hydrogen (secondary N) is 4. The molecule has 0 atom stereocenters. The van der Waals surface area contributed by atoms with Crippen LogP contribution < -0.4 is 44.8 Å². The number of sulfonamides is 2. The summed E-state index contributed by atoms with van der Waals surface area (Å²) in [4.78, 5) is 39.3. The normalized spacial score (nSPS) is 10.8. The molecule has 0 spiro atoms. The number of carboxylic acid groups (broad SMARTS) is 1. The molecule has 0 unspecified atom stereocenters. The van der Waals surface area contributed by atoms with Crippen LogP contribution in [0.15, 0.2) is 143 Å². The molecule has 20 nitrogen and oxygen atoms in total. The largest absolute Gasteiger partial charge is 0.497 e. The van der Waals surface area contributed by atoms with E-state index in [0.29, 0.717) is 67.7 Å². The third-order valence-electron chi connectivity index (χ3n) is 9.87. The number of anilines is 7. The second-order valence-electron chi connectivity index (χ2n) is 15.1. The van der Waals surface area contributed by atoms with Crippen molar-refractivity contribution in [1.29, 1.82) is 0 Å². The third-order valence-corrected chi connectivity index (χ3v) is 13.7. The number of hydrogen-bond donors (Lipinski definition) is 6. The van der Waals surface area contributed by atoms with Crippen molar-refractivity contribution in [2.45, 2.75) is 23.6 Å². The van der Waals surface area contributed by atoms with Crippen LogP contribution in [0.25, 0.3) is 22.1 Å². The topological polar surface area (TPSA) is 285 Å². The van der Waals surface area contributed by atoms with E-state index in [1.165, 1.54) is 38.5 Å². The van der Waals surface area contributed by atoms with E-state index in [2.05, 4.69) is 71.9 Å². The van der Waals surface area contributed by atoms with Crippen LogP contribution in [-0.2, 0) is 36.1 Å². The average Bonchev–Trinajstić information content (AvgIpc) is 3.38. The van der Waals surface area contributed by atoms with Gasteiger partial charge < -0.3 is 40.4 Å². The molecule has 2 heterocycles. The fraction of sp³-hybridized carbons (Fsp3) is 0.160. The lowest BCUT2D eigenvalue weighted by molar-refractivity contribution is -0.133. The Kier molecular flexibility index (Phi) is 20.2. The third kappa shape index (κ3) is 15.6. The van der Waals surface area contributed by atoms with Gasteiger partial charge in [0.15, 0.2) is 23.3 Å². The summed E-state index contributed by atoms with van der Waals surface area (Å²) < 4.78 is 78.9. The number of alkyl halides is 2. The molecule has 2 aromatic heterocycles. The van der Waals surface area contributed by atoms with Gasteiger partial charge >= 0.3 is 5.97 Å². The summed E-state index contributed by atoms with van der Waals surface area (Å²) in [6, 6.07) is 36.9. The minimum absolute atomic E-state index is 0. The molecule has 388 valence electrons. The van der Waals surface area contributed by atoms with Gasteiger partial charge in [-0.05, 0) is 60.2 Å². The van der Waals surface area contributed by atoms with E-state index in [4.69, 9.17) is 29.8 Å². The number of halogens is 2. The second kappa shape index (κ2) is 26.2. The maximum atomic E-state index is 13.3. The average molecular weight is 1180 g/mol. The molecule has 24 heteroatoms. The number of methoxy groups -OCH3 is 4. The van der Waals surface area contributed by atoms with Crippen molar-refractivity contribution in [2.24, 2.45) is 0 Å². The van der Waals surface area contributed by atoms with Crippen molar-refractivity contribution in [1.82, 2.24) is 19.9 Å². The zero-order valence-corrected chi connectivity index (χ0v) is 44.1. The van der Waals surface area contributed by atoms with Crippen molar-refractivity contribution < 1.29 is 50.5 Å². The van der Waals surface area contributed by atoms with Crippen LogP contribution >= 0.6 is 31.9 Å². The predicted octanol–water partition coefficient (Wildman–Crippen LogP) is 9.57. The van der Waals surface area contributed by atoms with Crippen LogP contribution in [0.1, 0.15) is 13.0 Å². The lowest BCUT2D eigenvalue weighted by atomic mass is 10.1. The molecule has 0 fully saturated rings. The minimum Gasteiger partial charge on any atom is -0.497 e. The number of nitrogens with zero attached hydrogens (tertiary/aromatic N) is 4. The van der Waals surface area contributed by atoms with E-state index in [-0.39, 0.29) is 63.4 Å². The lowest BCUT2D eigenvalue weighted by Gasteiger charge is -2.15. The van der Waals surface area contributed by atoms with Gasteiger partial charge in [-0.3, -0.25) is 19.0 Å². The summed E-state index contributed by atoms with van der Waals surface area (Å²) >= 11 is 5.84. The number of Topliss-reactive ketones (excluding diaryl/α,β-unsaturated/α-hetero) is 1. The summed E-state index contributed by atoms with van der Waals surface area (Å²) in [7, 11) is -1.87. The first-order chi connectivity index (χ1) is 34.9. The first-order valence-corrected chi connectivity index (χ1v) is 26.6. The highest BCUT2D eigenvalue weighted by Crippen LogP contribution is 2.34. The van der Waals surface area contributed by atoms with Gasteiger partial charge in [0.2, 0.25) is 0 Å². The highest BCUT2D eigenvalue weighted by Gasteiger charge is 2.22. The van der Waals surface area contributed by atoms with Crippen LogP contribution in [0.5, 0.6) is 23.0 Å². The molecule has 8 aromatic rings. The molecule has 0 aliphatic rings. The van der Waals surface area contributed by atoms with Crippen LogP contribution in [0.2, 0.25) is 0 Å². The summed E-state index contributed by atoms with van der Waals surface area (Å²) in [5.41, 5.74) is 10.0. The molecule has 74 heavy (non-hydrogen) atoms. The molecular formula is C50H51Br2N9O11S2. The van der Waals surface area contributed by atoms with Gasteiger partial charge in [-0.2, -0.15) is 0 Å². The van der Waals surface area contributed by atoms with E-state index in [1.807, 2.05) is 12.1 Å². The fourth-order valence-corrected chi connectivity index (χ4v) is 8.84. The molecule has 8 rings (SSSR count). The monoisotopic (exact) mass is 1180 g/mol. The molecule has 0 bridgehead atoms. The zero-order valence-electron chi connectivity index (χ0n) is 39.3. The first kappa shape index (κ1) is 57.1. The number of ether oxygens (including phenoxy) is 4. The number of para-hydroxylation sites is 4. The Morgan fingerprint density at radius 2 is 0.892 bits per heavy atom. The maximum Gasteiger partial charge on any atom is 0.314 e. The Bertz CT molecular complexity index is 3460. The summed E-state index contributed by atoms with van der Waals surface area (Å²) in [6.07, 6.45) is 0.120. The van der Waals surface area contributed by atoms with Crippen molar-refractivity contribution in [3.63, 3.8) is 0 Å². The Morgan fingerprint density at radius 3 is 1.24 bits per heavy atom. The number of ketones is 1. The Labute approximate surface area is 444 Å². The quantitative estimate of drug-likeness (QED) is 0.0344. The second-order valence-corrected chi connectivity index (χ2v) is 19.6. The number of hydrogen-bond acceptors (Lipinski definition) is 17. The van der Waals surface area contributed by atoms with Crippen LogP contribution in [0.4, 0.5) is 40.3 Å². The van der Waals surface area contributed by atoms with Gasteiger partial charge in [-0.25, -0.2) is 36.8 Å². The van der Waals surface area contributed by atoms with Crippen molar-refractivity contribution >= 4 is 126 Å². The number of carbonyl (C=O) groups excluding carboxylic acids is 1. The molecule has 0 aliphatic heterocycles. The van der Waals surface area contributed by atoms with Crippen molar-refractivity contribution in [3.05, 3.63) is 139 Å². The Balaban J connectivity index is 0.000000249. The number of carboxylic acids is 1. The van der Waals surface area contributed by atoms with E-state index < -0.39 is 26.0 Å². The SMILES string of the molecule is C.COc1cc(Nc2nc3ccccc3nc2NS(=O)(=O)c2cccc(CC(=O)CBr)c2)cc(OC)c1.COc1cc(Nc2nc3ccccc3nc2NS(=O)(=O)c2cccc(N)c2)cc(OC)c1.O=C(O)CBr. The predicted molar refractivity (Wildman–Crippen MR) is 294 cm³/mol. The molecule has 6 aromatic carbocycles. The van der Waals surface area contributed by atoms with Crippen LogP contribution in [0, 0.1) is 0 Å². The van der Waals surface area contributed by atoms with Crippen molar-refractivity contribution in [2.75, 3.05) is 64.9 Å². The highest BCUT2D eigenvalue weighted by molar-refractivity contribution is 9.09. The zero-order chi connectivity index (χ0) is 52.7. The fourth-order valence-electron chi connectivity index (χ4n) is 6.50. The van der Waals surface area contributed by atoms with Crippen LogP contribution in [0.3, 0.4) is 0 Å². The first-order valence-electron chi connectivity index (χ1n) is 21.4. The van der Waals surface area contributed by atoms with Gasteiger partial charge in [0.1, 0.15) is 34.1 Å². The lowest BCUT2D eigenvalue weighted by Crippen LogP contribution is -2.16. The standard InChI is InChI=1S/C25H23BrN4O5S.C22H21N5O4S.C2H3BrO2.CH4/c1-34-19-12-17(13-20(14-19)35-2)27-24-25(29-23-9-4-3-8-22(23)28-24)30-36(32,33)21-7-5-6-16(11-21)10-18(31)15-26;1-30-16-11-15(12-17(13-16)31-2)24-21-22(26-20-9-4-3-8-19(20)25-21)27-32(28,29)18-7-5-6-14(23)10-18;3-1-2(4)5;/h3-9,11-14H,10,15H2,1-2H3,(H,27,28)(H,29,30);3-13H,23H2,1-2H3,(H,24,25)(H,26,27);1H2,(H,4,5);1H4. The van der Waals surface area contributed by atoms with Crippen molar-refractivity contribution in [3.8, 4) is 23.0 Å². The van der Waals surface area contributed by atoms with E-state index >= 15 is 0 Å².